The van der Waals surface area contributed by atoms with Crippen molar-refractivity contribution in [1.82, 2.24) is 45.6 Å². The number of fused-ring (bicyclic) bond motifs is 4. The predicted molar refractivity (Wildman–Crippen MR) is 157 cm³/mol. The maximum Gasteiger partial charge on any atom is 0.254 e. The number of piperidine rings is 1. The lowest BCUT2D eigenvalue weighted by atomic mass is 9.80. The fourth-order valence-corrected chi connectivity index (χ4v) is 7.19. The van der Waals surface area contributed by atoms with Crippen LogP contribution in [0.25, 0.3) is 16.9 Å². The number of hydrazine groups is 1. The lowest BCUT2D eigenvalue weighted by Gasteiger charge is -2.42. The van der Waals surface area contributed by atoms with Crippen LogP contribution in [0.5, 0.6) is 0 Å². The maximum atomic E-state index is 13.8. The quantitative estimate of drug-likeness (QED) is 0.430. The summed E-state index contributed by atoms with van der Waals surface area (Å²) in [5.41, 5.74) is 5.43. The third kappa shape index (κ3) is 5.96. The molecular formula is C29H39ClFN9O. The van der Waals surface area contributed by atoms with Crippen molar-refractivity contribution in [2.45, 2.75) is 69.9 Å². The van der Waals surface area contributed by atoms with Gasteiger partial charge in [0, 0.05) is 48.4 Å². The molecule has 1 aromatic carbocycles. The molecule has 10 nitrogen and oxygen atoms in total. The molecule has 6 atom stereocenters. The molecule has 2 bridgehead atoms. The highest BCUT2D eigenvalue weighted by Gasteiger charge is 2.41. The zero-order valence-corrected chi connectivity index (χ0v) is 24.4. The fraction of sp³-hybridized carbons (Fsp3) is 0.586. The fourth-order valence-electron chi connectivity index (χ4n) is 7.02. The molecule has 3 N–H and O–H groups in total. The Morgan fingerprint density at radius 3 is 2.80 bits per heavy atom. The largest absolute Gasteiger partial charge is 0.312 e. The third-order valence-corrected chi connectivity index (χ3v) is 9.36. The second kappa shape index (κ2) is 12.3. The summed E-state index contributed by atoms with van der Waals surface area (Å²) in [5, 5.41) is 18.3. The Labute approximate surface area is 244 Å². The summed E-state index contributed by atoms with van der Waals surface area (Å²) in [4.78, 5) is 18.5. The van der Waals surface area contributed by atoms with Crippen molar-refractivity contribution < 1.29 is 4.39 Å². The Balaban J connectivity index is 1.33. The number of benzene rings is 1. The molecule has 0 spiro atoms. The van der Waals surface area contributed by atoms with Crippen molar-refractivity contribution >= 4 is 11.6 Å². The molecule has 3 aliphatic rings. The topological polar surface area (TPSA) is 105 Å². The molecule has 4 unspecified atom stereocenters. The van der Waals surface area contributed by atoms with Crippen LogP contribution in [0.2, 0.25) is 5.02 Å². The summed E-state index contributed by atoms with van der Waals surface area (Å²) in [7, 11) is 2.16. The van der Waals surface area contributed by atoms with Crippen molar-refractivity contribution in [1.29, 1.82) is 0 Å². The highest BCUT2D eigenvalue weighted by Crippen LogP contribution is 2.34. The molecule has 5 heterocycles. The van der Waals surface area contributed by atoms with E-state index >= 15 is 0 Å². The zero-order valence-electron chi connectivity index (χ0n) is 23.6. The number of nitrogens with zero attached hydrogens (tertiary/aromatic N) is 6. The van der Waals surface area contributed by atoms with Gasteiger partial charge in [-0.1, -0.05) is 30.2 Å². The third-order valence-electron chi connectivity index (χ3n) is 9.12. The second-order valence-electron chi connectivity index (χ2n) is 11.9. The number of nitrogens with one attached hydrogen (secondary N) is 3. The molecule has 0 aliphatic carbocycles. The van der Waals surface area contributed by atoms with Gasteiger partial charge in [0.15, 0.2) is 0 Å². The predicted octanol–water partition coefficient (Wildman–Crippen LogP) is 3.12. The average molecular weight is 584 g/mol. The molecule has 3 saturated heterocycles. The van der Waals surface area contributed by atoms with Crippen molar-refractivity contribution in [3.05, 3.63) is 57.9 Å². The summed E-state index contributed by atoms with van der Waals surface area (Å²) >= 11 is 6.35. The van der Waals surface area contributed by atoms with Crippen LogP contribution in [0.15, 0.2) is 41.6 Å². The van der Waals surface area contributed by atoms with E-state index in [4.69, 9.17) is 16.6 Å². The van der Waals surface area contributed by atoms with Gasteiger partial charge in [-0.3, -0.25) is 14.8 Å². The van der Waals surface area contributed by atoms with Gasteiger partial charge in [-0.25, -0.2) is 19.1 Å². The van der Waals surface area contributed by atoms with E-state index in [1.165, 1.54) is 10.9 Å². The van der Waals surface area contributed by atoms with Crippen LogP contribution in [-0.4, -0.2) is 74.4 Å². The number of rotatable bonds is 4. The lowest BCUT2D eigenvalue weighted by Crippen LogP contribution is -2.54. The minimum atomic E-state index is -0.710. The first kappa shape index (κ1) is 28.4. The van der Waals surface area contributed by atoms with Crippen LogP contribution >= 0.6 is 11.6 Å². The summed E-state index contributed by atoms with van der Waals surface area (Å²) in [5.74, 6) is 1.08. The van der Waals surface area contributed by atoms with Gasteiger partial charge in [0.2, 0.25) is 0 Å². The minimum Gasteiger partial charge on any atom is -0.312 e. The summed E-state index contributed by atoms with van der Waals surface area (Å²) < 4.78 is 16.5. The monoisotopic (exact) mass is 583 g/mol. The number of alkyl halides is 1. The average Bonchev–Trinajstić information content (AvgIpc) is 3.60. The van der Waals surface area contributed by atoms with Crippen molar-refractivity contribution in [2.24, 2.45) is 11.8 Å². The number of aromatic nitrogens is 5. The Morgan fingerprint density at radius 1 is 1.12 bits per heavy atom. The van der Waals surface area contributed by atoms with E-state index in [-0.39, 0.29) is 23.3 Å². The lowest BCUT2D eigenvalue weighted by molar-refractivity contribution is 0.108. The van der Waals surface area contributed by atoms with Crippen molar-refractivity contribution in [2.75, 3.05) is 26.7 Å². The second-order valence-corrected chi connectivity index (χ2v) is 12.3. The normalized spacial score (nSPS) is 29.5. The molecule has 3 aliphatic heterocycles. The van der Waals surface area contributed by atoms with Gasteiger partial charge in [-0.15, -0.1) is 5.10 Å². The van der Waals surface area contributed by atoms with Gasteiger partial charge in [-0.2, -0.15) is 0 Å². The van der Waals surface area contributed by atoms with Crippen molar-refractivity contribution in [3.8, 4) is 16.9 Å². The Morgan fingerprint density at radius 2 is 2.00 bits per heavy atom. The van der Waals surface area contributed by atoms with E-state index in [9.17, 15) is 9.18 Å². The van der Waals surface area contributed by atoms with E-state index in [2.05, 4.69) is 45.4 Å². The summed E-state index contributed by atoms with van der Waals surface area (Å²) in [6, 6.07) is 7.86. The highest BCUT2D eigenvalue weighted by molar-refractivity contribution is 6.31. The van der Waals surface area contributed by atoms with E-state index in [0.717, 1.165) is 51.7 Å². The molecular weight excluding hydrogens is 545 g/mol. The smallest absolute Gasteiger partial charge is 0.254 e. The zero-order chi connectivity index (χ0) is 28.5. The first-order valence-corrected chi connectivity index (χ1v) is 15.1. The Hall–Kier alpha value is -2.70. The first-order chi connectivity index (χ1) is 19.9. The van der Waals surface area contributed by atoms with Crippen LogP contribution < -0.4 is 21.6 Å². The minimum absolute atomic E-state index is 0.00538. The molecule has 3 aromatic rings. The Kier molecular flexibility index (Phi) is 8.50. The van der Waals surface area contributed by atoms with Gasteiger partial charge in [0.25, 0.3) is 5.56 Å². The van der Waals surface area contributed by atoms with Crippen LogP contribution in [0.4, 0.5) is 4.39 Å². The van der Waals surface area contributed by atoms with Crippen LogP contribution in [-0.2, 0) is 6.67 Å². The highest BCUT2D eigenvalue weighted by atomic mass is 35.5. The van der Waals surface area contributed by atoms with Gasteiger partial charge < -0.3 is 10.6 Å². The van der Waals surface area contributed by atoms with Gasteiger partial charge >= 0.3 is 0 Å². The van der Waals surface area contributed by atoms with Gasteiger partial charge in [0.1, 0.15) is 12.4 Å². The van der Waals surface area contributed by atoms with Crippen LogP contribution in [0, 0.1) is 11.8 Å². The van der Waals surface area contributed by atoms with E-state index in [0.29, 0.717) is 45.9 Å². The number of likely N-dealkylation sites (N-methyl/N-ethyl adjacent to an activating group) is 1. The standard InChI is InChI=1S/C29H39ClFN9O/c1-18-4-3-5-27(24-10-19(8-9-32-24)29-25(33-14-18)15-35-38(29)2)39-17-34-23(12-28(39)41)22-11-20(30)6-7-26(22)40-16-21(13-31)36-37-40/h6-7,11-12,16-19,24-25,27,29,32-33,35H,3-5,8-10,13-15H2,1-2H3/t18-,19?,24?,25?,27+,29?/m1/s1. The molecule has 41 heavy (non-hydrogen) atoms. The molecule has 3 fully saturated rings. The van der Waals surface area contributed by atoms with Gasteiger partial charge in [-0.05, 0) is 68.8 Å². The summed E-state index contributed by atoms with van der Waals surface area (Å²) in [6.45, 7) is 4.49. The molecule has 12 heteroatoms. The van der Waals surface area contributed by atoms with E-state index in [1.54, 1.807) is 30.6 Å². The van der Waals surface area contributed by atoms with E-state index in [1.807, 2.05) is 4.57 Å². The van der Waals surface area contributed by atoms with Crippen LogP contribution in [0.3, 0.4) is 0 Å². The maximum absolute atomic E-state index is 13.8. The van der Waals surface area contributed by atoms with Gasteiger partial charge in [0.05, 0.1) is 29.9 Å². The molecule has 2 aromatic heterocycles. The molecule has 0 radical (unpaired) electrons. The number of hydrogen-bond donors (Lipinski definition) is 3. The molecule has 6 rings (SSSR count). The number of hydrogen-bond acceptors (Lipinski definition) is 8. The molecule has 220 valence electrons. The Bertz CT molecular complexity index is 1410. The van der Waals surface area contributed by atoms with Crippen molar-refractivity contribution in [3.63, 3.8) is 0 Å². The van der Waals surface area contributed by atoms with E-state index < -0.39 is 6.67 Å². The van der Waals surface area contributed by atoms with Crippen LogP contribution in [0.1, 0.15) is 50.8 Å². The SMILES string of the molecule is C[C@@H]1CCC[C@H](n2cnc(-c3cc(Cl)ccc3-n3cc(CF)nn3)cc2=O)C2CC(CCN2)C2C(CNN2C)NC1. The summed E-state index contributed by atoms with van der Waals surface area (Å²) in [6.07, 6.45) is 8.39. The number of halogens is 2. The molecule has 0 saturated carbocycles. The molecule has 0 amide bonds. The first-order valence-electron chi connectivity index (χ1n) is 14.7.